The summed E-state index contributed by atoms with van der Waals surface area (Å²) in [6.45, 7) is 0. The number of methoxy groups -OCH3 is 1. The molecule has 3 rings (SSSR count). The highest BCUT2D eigenvalue weighted by Gasteiger charge is 2.09. The Hall–Kier alpha value is -3.74. The van der Waals surface area contributed by atoms with Crippen LogP contribution < -0.4 is 10.1 Å². The first-order valence-corrected chi connectivity index (χ1v) is 7.69. The van der Waals surface area contributed by atoms with E-state index in [1.807, 2.05) is 0 Å². The summed E-state index contributed by atoms with van der Waals surface area (Å²) in [4.78, 5) is 31.6. The van der Waals surface area contributed by atoms with Crippen LogP contribution in [0.1, 0.15) is 20.7 Å². The van der Waals surface area contributed by atoms with Gasteiger partial charge >= 0.3 is 5.97 Å². The van der Waals surface area contributed by atoms with E-state index < -0.39 is 5.97 Å². The van der Waals surface area contributed by atoms with E-state index in [9.17, 15) is 9.59 Å². The van der Waals surface area contributed by atoms with Gasteiger partial charge in [0.1, 0.15) is 5.75 Å². The maximum atomic E-state index is 12.2. The summed E-state index contributed by atoms with van der Waals surface area (Å²) >= 11 is 0. The van der Waals surface area contributed by atoms with Crippen LogP contribution in [0.25, 0.3) is 0 Å². The number of ether oxygens (including phenoxy) is 2. The minimum Gasteiger partial charge on any atom is -0.465 e. The van der Waals surface area contributed by atoms with Gasteiger partial charge in [-0.2, -0.15) is 0 Å². The van der Waals surface area contributed by atoms with Crippen molar-refractivity contribution in [1.29, 1.82) is 0 Å². The van der Waals surface area contributed by atoms with Gasteiger partial charge in [-0.15, -0.1) is 0 Å². The van der Waals surface area contributed by atoms with Crippen LogP contribution in [0.4, 0.5) is 5.69 Å². The quantitative estimate of drug-likeness (QED) is 0.711. The normalized spacial score (nSPS) is 10.0. The van der Waals surface area contributed by atoms with Gasteiger partial charge in [0.15, 0.2) is 0 Å². The zero-order valence-electron chi connectivity index (χ0n) is 13.9. The summed E-state index contributed by atoms with van der Waals surface area (Å²) in [7, 11) is 1.32. The summed E-state index contributed by atoms with van der Waals surface area (Å²) < 4.78 is 10.2. The topological polar surface area (TPSA) is 90.4 Å². The molecule has 0 spiro atoms. The monoisotopic (exact) mass is 349 g/mol. The van der Waals surface area contributed by atoms with Crippen molar-refractivity contribution in [2.75, 3.05) is 12.4 Å². The highest BCUT2D eigenvalue weighted by Crippen LogP contribution is 2.20. The van der Waals surface area contributed by atoms with E-state index in [0.29, 0.717) is 28.4 Å². The molecular weight excluding hydrogens is 334 g/mol. The summed E-state index contributed by atoms with van der Waals surface area (Å²) in [5.74, 6) is 0.129. The smallest absolute Gasteiger partial charge is 0.337 e. The van der Waals surface area contributed by atoms with E-state index in [0.717, 1.165) is 0 Å². The Bertz CT molecular complexity index is 894. The zero-order chi connectivity index (χ0) is 18.4. The first-order valence-electron chi connectivity index (χ1n) is 7.69. The van der Waals surface area contributed by atoms with Gasteiger partial charge in [-0.25, -0.2) is 9.78 Å². The van der Waals surface area contributed by atoms with Gasteiger partial charge in [-0.1, -0.05) is 0 Å². The van der Waals surface area contributed by atoms with Crippen LogP contribution in [0.3, 0.4) is 0 Å². The molecule has 1 N–H and O–H groups in total. The molecule has 0 unspecified atom stereocenters. The Labute approximate surface area is 149 Å². The number of hydrogen-bond donors (Lipinski definition) is 1. The number of nitrogens with zero attached hydrogens (tertiary/aromatic N) is 2. The molecule has 7 heteroatoms. The molecule has 2 heterocycles. The molecule has 0 radical (unpaired) electrons. The van der Waals surface area contributed by atoms with Crippen LogP contribution in [-0.2, 0) is 4.74 Å². The number of rotatable bonds is 5. The number of carbonyl (C=O) groups excluding carboxylic acids is 2. The second-order valence-electron chi connectivity index (χ2n) is 5.20. The predicted octanol–water partition coefficient (Wildman–Crippen LogP) is 3.31. The largest absolute Gasteiger partial charge is 0.465 e. The Morgan fingerprint density at radius 1 is 0.962 bits per heavy atom. The third kappa shape index (κ3) is 4.21. The lowest BCUT2D eigenvalue weighted by atomic mass is 10.2. The zero-order valence-corrected chi connectivity index (χ0v) is 13.9. The maximum Gasteiger partial charge on any atom is 0.337 e. The molecule has 130 valence electrons. The Morgan fingerprint density at radius 2 is 1.73 bits per heavy atom. The van der Waals surface area contributed by atoms with Gasteiger partial charge in [0.2, 0.25) is 5.88 Å². The lowest BCUT2D eigenvalue weighted by Crippen LogP contribution is -2.12. The van der Waals surface area contributed by atoms with Crippen LogP contribution in [0.5, 0.6) is 11.6 Å². The number of anilines is 1. The van der Waals surface area contributed by atoms with Crippen molar-refractivity contribution < 1.29 is 19.1 Å². The predicted molar refractivity (Wildman–Crippen MR) is 94.3 cm³/mol. The van der Waals surface area contributed by atoms with Crippen molar-refractivity contribution in [3.8, 4) is 11.6 Å². The van der Waals surface area contributed by atoms with E-state index in [-0.39, 0.29) is 5.91 Å². The number of carbonyl (C=O) groups is 2. The fourth-order valence-corrected chi connectivity index (χ4v) is 2.11. The number of amides is 1. The van der Waals surface area contributed by atoms with Crippen LogP contribution in [-0.4, -0.2) is 29.0 Å². The van der Waals surface area contributed by atoms with Crippen molar-refractivity contribution in [2.45, 2.75) is 0 Å². The molecule has 26 heavy (non-hydrogen) atoms. The van der Waals surface area contributed by atoms with Crippen LogP contribution in [0.2, 0.25) is 0 Å². The molecule has 0 atom stereocenters. The Balaban J connectivity index is 1.64. The third-order valence-corrected chi connectivity index (χ3v) is 3.42. The fraction of sp³-hybridized carbons (Fsp3) is 0.0526. The lowest BCUT2D eigenvalue weighted by Gasteiger charge is -2.07. The van der Waals surface area contributed by atoms with Crippen molar-refractivity contribution in [3.63, 3.8) is 0 Å². The standard InChI is InChI=1S/C19H15N3O4/c1-25-19(24)13-4-7-16(8-5-13)26-17-9-6-14(11-21-17)18(23)22-15-3-2-10-20-12-15/h2-12H,1H3,(H,22,23). The first-order chi connectivity index (χ1) is 12.7. The Kier molecular flexibility index (Phi) is 5.19. The molecule has 7 nitrogen and oxygen atoms in total. The SMILES string of the molecule is COC(=O)c1ccc(Oc2ccc(C(=O)Nc3cccnc3)cn2)cc1. The second-order valence-corrected chi connectivity index (χ2v) is 5.20. The molecule has 0 aliphatic carbocycles. The number of hydrogen-bond acceptors (Lipinski definition) is 6. The van der Waals surface area contributed by atoms with Crippen LogP contribution in [0.15, 0.2) is 67.1 Å². The third-order valence-electron chi connectivity index (χ3n) is 3.42. The highest BCUT2D eigenvalue weighted by atomic mass is 16.5. The molecule has 0 saturated carbocycles. The van der Waals surface area contributed by atoms with Crippen molar-refractivity contribution in [3.05, 3.63) is 78.2 Å². The molecule has 2 aromatic heterocycles. The molecule has 0 aliphatic rings. The molecule has 1 aromatic carbocycles. The van der Waals surface area contributed by atoms with E-state index in [4.69, 9.17) is 4.74 Å². The molecular formula is C19H15N3O4. The molecule has 1 amide bonds. The molecule has 0 saturated heterocycles. The Morgan fingerprint density at radius 3 is 2.35 bits per heavy atom. The van der Waals surface area contributed by atoms with E-state index >= 15 is 0 Å². The summed E-state index contributed by atoms with van der Waals surface area (Å²) in [5.41, 5.74) is 1.42. The van der Waals surface area contributed by atoms with Gasteiger partial charge in [-0.3, -0.25) is 9.78 Å². The van der Waals surface area contributed by atoms with Crippen LogP contribution in [0, 0.1) is 0 Å². The minimum atomic E-state index is -0.418. The van der Waals surface area contributed by atoms with Gasteiger partial charge < -0.3 is 14.8 Å². The summed E-state index contributed by atoms with van der Waals surface area (Å²) in [5, 5.41) is 2.72. The van der Waals surface area contributed by atoms with Crippen molar-refractivity contribution >= 4 is 17.6 Å². The minimum absolute atomic E-state index is 0.292. The molecule has 0 bridgehead atoms. The molecule has 3 aromatic rings. The summed E-state index contributed by atoms with van der Waals surface area (Å²) in [6.07, 6.45) is 4.60. The van der Waals surface area contributed by atoms with Gasteiger partial charge in [-0.05, 0) is 42.5 Å². The summed E-state index contributed by atoms with van der Waals surface area (Å²) in [6, 6.07) is 13.1. The number of aromatic nitrogens is 2. The average Bonchev–Trinajstić information content (AvgIpc) is 2.69. The number of benzene rings is 1. The molecule has 0 fully saturated rings. The van der Waals surface area contributed by atoms with Crippen LogP contribution >= 0.6 is 0 Å². The number of esters is 1. The highest BCUT2D eigenvalue weighted by molar-refractivity contribution is 6.03. The van der Waals surface area contributed by atoms with E-state index in [1.165, 1.54) is 13.3 Å². The lowest BCUT2D eigenvalue weighted by molar-refractivity contribution is 0.0600. The maximum absolute atomic E-state index is 12.2. The number of nitrogens with one attached hydrogen (secondary N) is 1. The molecule has 0 aliphatic heterocycles. The average molecular weight is 349 g/mol. The van der Waals surface area contributed by atoms with Gasteiger partial charge in [0, 0.05) is 18.5 Å². The van der Waals surface area contributed by atoms with Crippen molar-refractivity contribution in [1.82, 2.24) is 9.97 Å². The number of pyridine rings is 2. The second kappa shape index (κ2) is 7.89. The van der Waals surface area contributed by atoms with E-state index in [1.54, 1.807) is 60.9 Å². The van der Waals surface area contributed by atoms with Crippen molar-refractivity contribution in [2.24, 2.45) is 0 Å². The van der Waals surface area contributed by atoms with Gasteiger partial charge in [0.25, 0.3) is 5.91 Å². The first kappa shape index (κ1) is 17.1. The fourth-order valence-electron chi connectivity index (χ4n) is 2.11. The van der Waals surface area contributed by atoms with E-state index in [2.05, 4.69) is 20.0 Å². The van der Waals surface area contributed by atoms with Gasteiger partial charge in [0.05, 0.1) is 30.1 Å².